The zero-order valence-corrected chi connectivity index (χ0v) is 12.0. The molecule has 1 N–H and O–H groups in total. The number of benzene rings is 1. The Labute approximate surface area is 126 Å². The molecule has 0 aliphatic carbocycles. The highest BCUT2D eigenvalue weighted by molar-refractivity contribution is 5.94. The molecule has 0 bridgehead atoms. The lowest BCUT2D eigenvalue weighted by atomic mass is 9.87. The highest BCUT2D eigenvalue weighted by atomic mass is 19.1. The number of hydrogen-bond acceptors (Lipinski definition) is 3. The van der Waals surface area contributed by atoms with Crippen LogP contribution in [0.2, 0.25) is 0 Å². The van der Waals surface area contributed by atoms with E-state index in [1.165, 1.54) is 22.9 Å². The fraction of sp³-hybridized carbons (Fsp3) is 0.250. The van der Waals surface area contributed by atoms with E-state index in [0.29, 0.717) is 5.56 Å². The molecule has 0 spiro atoms. The van der Waals surface area contributed by atoms with Crippen LogP contribution in [0.5, 0.6) is 0 Å². The van der Waals surface area contributed by atoms with Gasteiger partial charge in [-0.25, -0.2) is 4.39 Å². The van der Waals surface area contributed by atoms with E-state index in [9.17, 15) is 14.0 Å². The zero-order valence-electron chi connectivity index (χ0n) is 12.0. The summed E-state index contributed by atoms with van der Waals surface area (Å²) in [6.45, 7) is 0.398. The van der Waals surface area contributed by atoms with Crippen molar-refractivity contribution in [3.63, 3.8) is 0 Å². The summed E-state index contributed by atoms with van der Waals surface area (Å²) in [6, 6.07) is 9.08. The standard InChI is InChI=1S/C16H15FN2O3/c1-19-7-6-11(8-14(19)20)15(21)18-16(9-22-10-16)12-4-2-3-5-13(12)17/h2-8H,9-10H2,1H3,(H,18,21). The first-order valence-corrected chi connectivity index (χ1v) is 6.84. The normalized spacial score (nSPS) is 15.9. The first kappa shape index (κ1) is 14.5. The molecule has 1 aromatic heterocycles. The number of aryl methyl sites for hydroxylation is 1. The molecule has 0 saturated carbocycles. The number of carbonyl (C=O) groups excluding carboxylic acids is 1. The van der Waals surface area contributed by atoms with Crippen molar-refractivity contribution >= 4 is 5.91 Å². The van der Waals surface area contributed by atoms with Crippen molar-refractivity contribution in [2.75, 3.05) is 13.2 Å². The second-order valence-corrected chi connectivity index (χ2v) is 5.37. The second-order valence-electron chi connectivity index (χ2n) is 5.37. The molecule has 6 heteroatoms. The van der Waals surface area contributed by atoms with E-state index in [-0.39, 0.29) is 24.3 Å². The van der Waals surface area contributed by atoms with Crippen molar-refractivity contribution in [2.24, 2.45) is 7.05 Å². The number of pyridine rings is 1. The summed E-state index contributed by atoms with van der Waals surface area (Å²) in [5.41, 5.74) is -0.537. The van der Waals surface area contributed by atoms with E-state index >= 15 is 0 Å². The van der Waals surface area contributed by atoms with Gasteiger partial charge in [0.25, 0.3) is 11.5 Å². The van der Waals surface area contributed by atoms with Crippen molar-refractivity contribution in [3.8, 4) is 0 Å². The maximum Gasteiger partial charge on any atom is 0.252 e. The molecule has 1 saturated heterocycles. The van der Waals surface area contributed by atoms with Crippen molar-refractivity contribution in [1.29, 1.82) is 0 Å². The van der Waals surface area contributed by atoms with Gasteiger partial charge in [0, 0.05) is 30.4 Å². The number of carbonyl (C=O) groups is 1. The van der Waals surface area contributed by atoms with Crippen LogP contribution in [0, 0.1) is 5.82 Å². The number of rotatable bonds is 3. The molecule has 0 radical (unpaired) electrons. The average Bonchev–Trinajstić information content (AvgIpc) is 2.46. The molecule has 2 heterocycles. The fourth-order valence-corrected chi connectivity index (χ4v) is 2.43. The Morgan fingerprint density at radius 2 is 2.05 bits per heavy atom. The number of nitrogens with zero attached hydrogens (tertiary/aromatic N) is 1. The highest BCUT2D eigenvalue weighted by Crippen LogP contribution is 2.31. The van der Waals surface area contributed by atoms with Gasteiger partial charge in [-0.2, -0.15) is 0 Å². The molecule has 1 aliphatic heterocycles. The molecule has 5 nitrogen and oxygen atoms in total. The number of aromatic nitrogens is 1. The van der Waals surface area contributed by atoms with Gasteiger partial charge in [0.1, 0.15) is 11.4 Å². The Balaban J connectivity index is 1.90. The molecule has 0 atom stereocenters. The lowest BCUT2D eigenvalue weighted by Gasteiger charge is -2.42. The Kier molecular flexibility index (Phi) is 3.54. The summed E-state index contributed by atoms with van der Waals surface area (Å²) in [4.78, 5) is 24.0. The average molecular weight is 302 g/mol. The largest absolute Gasteiger partial charge is 0.376 e. The number of halogens is 1. The van der Waals surface area contributed by atoms with Crippen LogP contribution >= 0.6 is 0 Å². The summed E-state index contributed by atoms with van der Waals surface area (Å²) in [5, 5.41) is 2.80. The first-order valence-electron chi connectivity index (χ1n) is 6.84. The second kappa shape index (κ2) is 5.38. The van der Waals surface area contributed by atoms with Crippen LogP contribution in [0.1, 0.15) is 15.9 Å². The minimum Gasteiger partial charge on any atom is -0.376 e. The van der Waals surface area contributed by atoms with Crippen molar-refractivity contribution in [1.82, 2.24) is 9.88 Å². The SMILES string of the molecule is Cn1ccc(C(=O)NC2(c3ccccc3F)COC2)cc1=O. The topological polar surface area (TPSA) is 60.3 Å². The van der Waals surface area contributed by atoms with Gasteiger partial charge >= 0.3 is 0 Å². The molecule has 1 aromatic carbocycles. The Bertz CT molecular complexity index is 781. The molecular weight excluding hydrogens is 287 g/mol. The summed E-state index contributed by atoms with van der Waals surface area (Å²) in [7, 11) is 1.60. The number of nitrogens with one attached hydrogen (secondary N) is 1. The molecule has 1 amide bonds. The molecule has 3 rings (SSSR count). The Morgan fingerprint density at radius 1 is 1.32 bits per heavy atom. The van der Waals surface area contributed by atoms with Crippen molar-refractivity contribution in [3.05, 3.63) is 69.9 Å². The van der Waals surface area contributed by atoms with Gasteiger partial charge in [0.2, 0.25) is 0 Å². The molecule has 0 unspecified atom stereocenters. The van der Waals surface area contributed by atoms with E-state index in [1.54, 1.807) is 31.3 Å². The third kappa shape index (κ3) is 2.42. The van der Waals surface area contributed by atoms with E-state index in [4.69, 9.17) is 4.74 Å². The lowest BCUT2D eigenvalue weighted by Crippen LogP contribution is -2.59. The van der Waals surface area contributed by atoms with Gasteiger partial charge in [-0.3, -0.25) is 9.59 Å². The molecule has 2 aromatic rings. The Hall–Kier alpha value is -2.47. The van der Waals surface area contributed by atoms with E-state index < -0.39 is 17.3 Å². The molecular formula is C16H15FN2O3. The number of amides is 1. The van der Waals surface area contributed by atoms with Gasteiger partial charge in [0.05, 0.1) is 13.2 Å². The van der Waals surface area contributed by atoms with E-state index in [2.05, 4.69) is 5.32 Å². The molecule has 22 heavy (non-hydrogen) atoms. The summed E-state index contributed by atoms with van der Waals surface area (Å²) in [5.74, 6) is -0.820. The van der Waals surface area contributed by atoms with Crippen LogP contribution in [0.25, 0.3) is 0 Å². The monoisotopic (exact) mass is 302 g/mol. The van der Waals surface area contributed by atoms with Crippen LogP contribution in [-0.2, 0) is 17.3 Å². The van der Waals surface area contributed by atoms with Gasteiger partial charge in [-0.05, 0) is 12.1 Å². The highest BCUT2D eigenvalue weighted by Gasteiger charge is 2.43. The predicted molar refractivity (Wildman–Crippen MR) is 78.0 cm³/mol. The predicted octanol–water partition coefficient (Wildman–Crippen LogP) is 1.18. The van der Waals surface area contributed by atoms with E-state index in [1.807, 2.05) is 0 Å². The van der Waals surface area contributed by atoms with Crippen LogP contribution in [0.3, 0.4) is 0 Å². The lowest BCUT2D eigenvalue weighted by molar-refractivity contribution is -0.0749. The summed E-state index contributed by atoms with van der Waals surface area (Å²) in [6.07, 6.45) is 1.52. The molecule has 1 aliphatic rings. The van der Waals surface area contributed by atoms with Crippen molar-refractivity contribution < 1.29 is 13.9 Å². The Morgan fingerprint density at radius 3 is 2.64 bits per heavy atom. The third-order valence-electron chi connectivity index (χ3n) is 3.81. The van der Waals surface area contributed by atoms with Crippen LogP contribution < -0.4 is 10.9 Å². The summed E-state index contributed by atoms with van der Waals surface area (Å²) < 4.78 is 20.6. The maximum atomic E-state index is 14.0. The molecule has 114 valence electrons. The minimum atomic E-state index is -0.885. The minimum absolute atomic E-state index is 0.199. The van der Waals surface area contributed by atoms with Crippen molar-refractivity contribution in [2.45, 2.75) is 5.54 Å². The van der Waals surface area contributed by atoms with Gasteiger partial charge in [0.15, 0.2) is 0 Å². The van der Waals surface area contributed by atoms with Crippen LogP contribution in [0.4, 0.5) is 4.39 Å². The summed E-state index contributed by atoms with van der Waals surface area (Å²) >= 11 is 0. The molecule has 1 fully saturated rings. The quantitative estimate of drug-likeness (QED) is 0.926. The van der Waals surface area contributed by atoms with E-state index in [0.717, 1.165) is 0 Å². The van der Waals surface area contributed by atoms with Gasteiger partial charge in [-0.1, -0.05) is 18.2 Å². The van der Waals surface area contributed by atoms with Crippen LogP contribution in [-0.4, -0.2) is 23.7 Å². The third-order valence-corrected chi connectivity index (χ3v) is 3.81. The zero-order chi connectivity index (χ0) is 15.7. The van der Waals surface area contributed by atoms with Gasteiger partial charge < -0.3 is 14.6 Å². The number of hydrogen-bond donors (Lipinski definition) is 1. The maximum absolute atomic E-state index is 14.0. The first-order chi connectivity index (χ1) is 10.5. The smallest absolute Gasteiger partial charge is 0.252 e. The van der Waals surface area contributed by atoms with Gasteiger partial charge in [-0.15, -0.1) is 0 Å². The van der Waals surface area contributed by atoms with Crippen LogP contribution in [0.15, 0.2) is 47.4 Å². The fourth-order valence-electron chi connectivity index (χ4n) is 2.43. The number of ether oxygens (including phenoxy) is 1.